The first-order valence-corrected chi connectivity index (χ1v) is 7.77. The van der Waals surface area contributed by atoms with Crippen molar-refractivity contribution >= 4 is 28.5 Å². The van der Waals surface area contributed by atoms with E-state index < -0.39 is 0 Å². The SMILES string of the molecule is Cc1c(C2CC2)c2cccc(N3CCC(=O)NC3=O)c2n1C. The van der Waals surface area contributed by atoms with E-state index >= 15 is 0 Å². The van der Waals surface area contributed by atoms with Crippen molar-refractivity contribution in [1.29, 1.82) is 0 Å². The summed E-state index contributed by atoms with van der Waals surface area (Å²) in [6, 6.07) is 5.79. The second-order valence-corrected chi connectivity index (χ2v) is 6.26. The van der Waals surface area contributed by atoms with Crippen LogP contribution in [0.15, 0.2) is 18.2 Å². The van der Waals surface area contributed by atoms with E-state index in [-0.39, 0.29) is 11.9 Å². The van der Waals surface area contributed by atoms with E-state index in [0.29, 0.717) is 18.9 Å². The van der Waals surface area contributed by atoms with Gasteiger partial charge in [0, 0.05) is 31.1 Å². The highest BCUT2D eigenvalue weighted by Gasteiger charge is 2.32. The molecule has 3 amide bonds. The van der Waals surface area contributed by atoms with Crippen LogP contribution in [0.4, 0.5) is 10.5 Å². The number of amides is 3. The van der Waals surface area contributed by atoms with Gasteiger partial charge in [-0.25, -0.2) is 4.79 Å². The van der Waals surface area contributed by atoms with E-state index in [1.807, 2.05) is 12.1 Å². The zero-order chi connectivity index (χ0) is 15.4. The molecule has 1 saturated heterocycles. The van der Waals surface area contributed by atoms with Crippen molar-refractivity contribution in [3.05, 3.63) is 29.5 Å². The molecule has 2 heterocycles. The number of rotatable bonds is 2. The number of para-hydroxylation sites is 1. The lowest BCUT2D eigenvalue weighted by Gasteiger charge is -2.27. The van der Waals surface area contributed by atoms with Crippen molar-refractivity contribution in [3.8, 4) is 0 Å². The number of hydrogen-bond acceptors (Lipinski definition) is 2. The molecule has 1 aliphatic carbocycles. The van der Waals surface area contributed by atoms with Gasteiger partial charge in [0.05, 0.1) is 11.2 Å². The normalized spacial score (nSPS) is 18.9. The lowest BCUT2D eigenvalue weighted by atomic mass is 10.1. The maximum Gasteiger partial charge on any atom is 0.328 e. The summed E-state index contributed by atoms with van der Waals surface area (Å²) >= 11 is 0. The van der Waals surface area contributed by atoms with Gasteiger partial charge in [0.15, 0.2) is 0 Å². The summed E-state index contributed by atoms with van der Waals surface area (Å²) < 4.78 is 2.18. The van der Waals surface area contributed by atoms with Crippen molar-refractivity contribution in [2.45, 2.75) is 32.1 Å². The fourth-order valence-electron chi connectivity index (χ4n) is 3.54. The van der Waals surface area contributed by atoms with E-state index in [9.17, 15) is 9.59 Å². The Morgan fingerprint density at radius 3 is 2.68 bits per heavy atom. The minimum atomic E-state index is -0.324. The van der Waals surface area contributed by atoms with Gasteiger partial charge in [-0.15, -0.1) is 0 Å². The summed E-state index contributed by atoms with van der Waals surface area (Å²) in [6.07, 6.45) is 2.85. The molecule has 114 valence electrons. The minimum absolute atomic E-state index is 0.199. The molecule has 2 aliphatic rings. The molecule has 5 nitrogen and oxygen atoms in total. The van der Waals surface area contributed by atoms with Crippen LogP contribution in [0.3, 0.4) is 0 Å². The predicted octanol–water partition coefficient (Wildman–Crippen LogP) is 2.81. The third kappa shape index (κ3) is 1.85. The molecule has 0 radical (unpaired) electrons. The highest BCUT2D eigenvalue weighted by molar-refractivity contribution is 6.10. The van der Waals surface area contributed by atoms with Crippen LogP contribution >= 0.6 is 0 Å². The zero-order valence-corrected chi connectivity index (χ0v) is 12.8. The molecule has 0 atom stereocenters. The van der Waals surface area contributed by atoms with Gasteiger partial charge in [-0.1, -0.05) is 12.1 Å². The van der Waals surface area contributed by atoms with Gasteiger partial charge >= 0.3 is 6.03 Å². The molecule has 22 heavy (non-hydrogen) atoms. The number of hydrogen-bond donors (Lipinski definition) is 1. The Kier molecular flexibility index (Phi) is 2.79. The fourth-order valence-corrected chi connectivity index (χ4v) is 3.54. The zero-order valence-electron chi connectivity index (χ0n) is 12.8. The number of anilines is 1. The Hall–Kier alpha value is -2.30. The number of aryl methyl sites for hydroxylation is 1. The third-order valence-corrected chi connectivity index (χ3v) is 4.86. The number of urea groups is 1. The molecule has 1 N–H and O–H groups in total. The van der Waals surface area contributed by atoms with Crippen molar-refractivity contribution < 1.29 is 9.59 Å². The Balaban J connectivity index is 1.90. The number of fused-ring (bicyclic) bond motifs is 1. The summed E-state index contributed by atoms with van der Waals surface area (Å²) in [5.74, 6) is 0.464. The lowest BCUT2D eigenvalue weighted by Crippen LogP contribution is -2.49. The third-order valence-electron chi connectivity index (χ3n) is 4.86. The Morgan fingerprint density at radius 1 is 1.23 bits per heavy atom. The fraction of sp³-hybridized carbons (Fsp3) is 0.412. The molecule has 1 aromatic carbocycles. The van der Waals surface area contributed by atoms with Crippen LogP contribution < -0.4 is 10.2 Å². The largest absolute Gasteiger partial charge is 0.346 e. The Bertz CT molecular complexity index is 802. The van der Waals surface area contributed by atoms with Crippen LogP contribution in [-0.4, -0.2) is 23.1 Å². The van der Waals surface area contributed by atoms with Crippen LogP contribution in [0.2, 0.25) is 0 Å². The molecule has 0 spiro atoms. The molecule has 2 fully saturated rings. The smallest absolute Gasteiger partial charge is 0.328 e. The number of benzene rings is 1. The van der Waals surface area contributed by atoms with Crippen LogP contribution in [0.25, 0.3) is 10.9 Å². The maximum absolute atomic E-state index is 12.2. The molecule has 4 rings (SSSR count). The Morgan fingerprint density at radius 2 is 2.00 bits per heavy atom. The van der Waals surface area contributed by atoms with Gasteiger partial charge in [-0.05, 0) is 37.3 Å². The molecular formula is C17H19N3O2. The molecule has 0 bridgehead atoms. The monoisotopic (exact) mass is 297 g/mol. The molecule has 1 aromatic heterocycles. The van der Waals surface area contributed by atoms with E-state index in [1.54, 1.807) is 4.90 Å². The maximum atomic E-state index is 12.2. The first-order chi connectivity index (χ1) is 10.6. The number of nitrogens with zero attached hydrogens (tertiary/aromatic N) is 2. The predicted molar refractivity (Wildman–Crippen MR) is 85.1 cm³/mol. The van der Waals surface area contributed by atoms with E-state index in [1.165, 1.54) is 29.5 Å². The van der Waals surface area contributed by atoms with Crippen molar-refractivity contribution in [2.24, 2.45) is 7.05 Å². The van der Waals surface area contributed by atoms with E-state index in [2.05, 4.69) is 29.9 Å². The number of carbonyl (C=O) groups excluding carboxylic acids is 2. The number of imide groups is 1. The van der Waals surface area contributed by atoms with Crippen LogP contribution in [0.5, 0.6) is 0 Å². The van der Waals surface area contributed by atoms with Crippen LogP contribution in [0.1, 0.15) is 36.4 Å². The summed E-state index contributed by atoms with van der Waals surface area (Å²) in [6.45, 7) is 2.59. The van der Waals surface area contributed by atoms with Gasteiger partial charge in [-0.3, -0.25) is 15.0 Å². The van der Waals surface area contributed by atoms with Gasteiger partial charge in [0.2, 0.25) is 5.91 Å². The first kappa shape index (κ1) is 13.4. The second kappa shape index (κ2) is 4.60. The number of aromatic nitrogens is 1. The summed E-state index contributed by atoms with van der Waals surface area (Å²) in [5, 5.41) is 3.65. The van der Waals surface area contributed by atoms with Crippen molar-refractivity contribution in [1.82, 2.24) is 9.88 Å². The lowest BCUT2D eigenvalue weighted by molar-refractivity contribution is -0.120. The van der Waals surface area contributed by atoms with Gasteiger partial charge in [0.1, 0.15) is 0 Å². The number of nitrogens with one attached hydrogen (secondary N) is 1. The minimum Gasteiger partial charge on any atom is -0.346 e. The quantitative estimate of drug-likeness (QED) is 0.926. The average molecular weight is 297 g/mol. The highest BCUT2D eigenvalue weighted by Crippen LogP contribution is 2.47. The van der Waals surface area contributed by atoms with Crippen LogP contribution in [0, 0.1) is 6.92 Å². The van der Waals surface area contributed by atoms with Crippen molar-refractivity contribution in [3.63, 3.8) is 0 Å². The molecule has 0 unspecified atom stereocenters. The molecule has 1 aliphatic heterocycles. The average Bonchev–Trinajstić information content (AvgIpc) is 3.28. The summed E-state index contributed by atoms with van der Waals surface area (Å²) in [7, 11) is 2.06. The van der Waals surface area contributed by atoms with Gasteiger partial charge < -0.3 is 4.57 Å². The van der Waals surface area contributed by atoms with E-state index in [4.69, 9.17) is 0 Å². The summed E-state index contributed by atoms with van der Waals surface area (Å²) in [4.78, 5) is 25.2. The van der Waals surface area contributed by atoms with Gasteiger partial charge in [-0.2, -0.15) is 0 Å². The summed E-state index contributed by atoms with van der Waals surface area (Å²) in [5.41, 5.74) is 4.68. The van der Waals surface area contributed by atoms with E-state index in [0.717, 1.165) is 11.2 Å². The Labute approximate surface area is 128 Å². The molecule has 2 aromatic rings. The van der Waals surface area contributed by atoms with Crippen molar-refractivity contribution in [2.75, 3.05) is 11.4 Å². The standard InChI is InChI=1S/C17H19N3O2/c1-10-15(11-6-7-11)12-4-3-5-13(16(12)19(10)2)20-9-8-14(21)18-17(20)22/h3-5,11H,6-9H2,1-2H3,(H,18,21,22). The highest BCUT2D eigenvalue weighted by atomic mass is 16.2. The number of carbonyl (C=O) groups is 2. The van der Waals surface area contributed by atoms with Gasteiger partial charge in [0.25, 0.3) is 0 Å². The molecular weight excluding hydrogens is 278 g/mol. The topological polar surface area (TPSA) is 54.3 Å². The molecule has 1 saturated carbocycles. The van der Waals surface area contributed by atoms with Crippen LogP contribution in [-0.2, 0) is 11.8 Å². The first-order valence-electron chi connectivity index (χ1n) is 7.77. The second-order valence-electron chi connectivity index (χ2n) is 6.26. The molecule has 5 heteroatoms.